The third-order valence-corrected chi connectivity index (χ3v) is 4.38. The molecular weight excluding hydrogens is 313 g/mol. The first kappa shape index (κ1) is 14.2. The van der Waals surface area contributed by atoms with E-state index in [0.29, 0.717) is 16.1 Å². The summed E-state index contributed by atoms with van der Waals surface area (Å²) in [7, 11) is 0. The van der Waals surface area contributed by atoms with Gasteiger partial charge in [-0.25, -0.2) is 0 Å². The highest BCUT2D eigenvalue weighted by Crippen LogP contribution is 2.33. The number of nitrogens with one attached hydrogen (secondary N) is 1. The van der Waals surface area contributed by atoms with Crippen LogP contribution in [0.5, 0.6) is 0 Å². The van der Waals surface area contributed by atoms with E-state index in [2.05, 4.69) is 11.4 Å². The fourth-order valence-electron chi connectivity index (χ4n) is 2.14. The van der Waals surface area contributed by atoms with E-state index in [1.165, 1.54) is 12.8 Å². The normalized spacial score (nSPS) is 14.6. The van der Waals surface area contributed by atoms with Crippen molar-refractivity contribution >= 4 is 34.8 Å². The van der Waals surface area contributed by atoms with Crippen molar-refractivity contribution in [2.24, 2.45) is 0 Å². The third-order valence-electron chi connectivity index (χ3n) is 3.44. The average molecular weight is 327 g/mol. The molecule has 1 fully saturated rings. The Morgan fingerprint density at radius 1 is 0.950 bits per heavy atom. The van der Waals surface area contributed by atoms with Crippen molar-refractivity contribution in [3.63, 3.8) is 0 Å². The maximum atomic E-state index is 6.26. The molecule has 0 aromatic heterocycles. The molecule has 0 unspecified atom stereocenters. The average Bonchev–Trinajstić information content (AvgIpc) is 3.25. The van der Waals surface area contributed by atoms with E-state index in [1.807, 2.05) is 24.3 Å². The molecule has 1 N–H and O–H groups in total. The largest absolute Gasteiger partial charge is 0.310 e. The van der Waals surface area contributed by atoms with Crippen LogP contribution in [0.1, 0.15) is 18.4 Å². The predicted molar refractivity (Wildman–Crippen MR) is 86.8 cm³/mol. The highest BCUT2D eigenvalue weighted by atomic mass is 35.5. The summed E-state index contributed by atoms with van der Waals surface area (Å²) in [6, 6.07) is 12.1. The lowest BCUT2D eigenvalue weighted by Gasteiger charge is -2.10. The fourth-order valence-corrected chi connectivity index (χ4v) is 2.72. The van der Waals surface area contributed by atoms with Gasteiger partial charge in [-0.15, -0.1) is 0 Å². The van der Waals surface area contributed by atoms with E-state index in [0.717, 1.165) is 28.3 Å². The molecule has 0 heterocycles. The molecule has 0 atom stereocenters. The number of halogens is 3. The van der Waals surface area contributed by atoms with Crippen LogP contribution in [-0.4, -0.2) is 6.04 Å². The SMILES string of the molecule is Clc1ccc(Cl)c(-c2ccc(Cl)c(CNC3CC3)c2)c1. The van der Waals surface area contributed by atoms with Gasteiger partial charge in [0.05, 0.1) is 0 Å². The van der Waals surface area contributed by atoms with Crippen LogP contribution in [0.15, 0.2) is 36.4 Å². The molecule has 104 valence electrons. The van der Waals surface area contributed by atoms with Crippen molar-refractivity contribution in [2.75, 3.05) is 0 Å². The Hall–Kier alpha value is -0.730. The summed E-state index contributed by atoms with van der Waals surface area (Å²) < 4.78 is 0. The zero-order valence-corrected chi connectivity index (χ0v) is 13.1. The molecule has 3 rings (SSSR count). The van der Waals surface area contributed by atoms with E-state index < -0.39 is 0 Å². The Balaban J connectivity index is 1.92. The Morgan fingerprint density at radius 2 is 1.70 bits per heavy atom. The molecular formula is C16H14Cl3N. The first-order valence-corrected chi connectivity index (χ1v) is 7.74. The van der Waals surface area contributed by atoms with Gasteiger partial charge in [-0.3, -0.25) is 0 Å². The minimum Gasteiger partial charge on any atom is -0.310 e. The van der Waals surface area contributed by atoms with Crippen LogP contribution in [0.25, 0.3) is 11.1 Å². The van der Waals surface area contributed by atoms with Crippen molar-refractivity contribution in [3.8, 4) is 11.1 Å². The third kappa shape index (κ3) is 3.29. The zero-order chi connectivity index (χ0) is 14.1. The second-order valence-corrected chi connectivity index (χ2v) is 6.34. The van der Waals surface area contributed by atoms with Crippen LogP contribution in [0.4, 0.5) is 0 Å². The van der Waals surface area contributed by atoms with E-state index >= 15 is 0 Å². The van der Waals surface area contributed by atoms with Gasteiger partial charge in [-0.05, 0) is 54.3 Å². The molecule has 1 aliphatic carbocycles. The molecule has 0 radical (unpaired) electrons. The van der Waals surface area contributed by atoms with Gasteiger partial charge in [0, 0.05) is 33.2 Å². The molecule has 2 aromatic carbocycles. The summed E-state index contributed by atoms with van der Waals surface area (Å²) in [5, 5.41) is 5.62. The fraction of sp³-hybridized carbons (Fsp3) is 0.250. The van der Waals surface area contributed by atoms with Crippen LogP contribution in [0, 0.1) is 0 Å². The highest BCUT2D eigenvalue weighted by Gasteiger charge is 2.20. The van der Waals surface area contributed by atoms with Crippen molar-refractivity contribution in [1.82, 2.24) is 5.32 Å². The second kappa shape index (κ2) is 5.95. The molecule has 0 aliphatic heterocycles. The van der Waals surface area contributed by atoms with Gasteiger partial charge < -0.3 is 5.32 Å². The van der Waals surface area contributed by atoms with Gasteiger partial charge in [0.2, 0.25) is 0 Å². The topological polar surface area (TPSA) is 12.0 Å². The Morgan fingerprint density at radius 3 is 2.45 bits per heavy atom. The smallest absolute Gasteiger partial charge is 0.0485 e. The van der Waals surface area contributed by atoms with Crippen LogP contribution in [0.2, 0.25) is 15.1 Å². The first-order valence-electron chi connectivity index (χ1n) is 6.61. The molecule has 1 aliphatic rings. The standard InChI is InChI=1S/C16H14Cl3N/c17-12-2-6-16(19)14(8-12)10-1-5-15(18)11(7-10)9-20-13-3-4-13/h1-2,5-8,13,20H,3-4,9H2. The lowest BCUT2D eigenvalue weighted by molar-refractivity contribution is 0.688. The first-order chi connectivity index (χ1) is 9.63. The summed E-state index contributed by atoms with van der Waals surface area (Å²) in [5.41, 5.74) is 3.06. The Bertz CT molecular complexity index is 636. The Kier molecular flexibility index (Phi) is 4.23. The van der Waals surface area contributed by atoms with Gasteiger partial charge in [0.15, 0.2) is 0 Å². The highest BCUT2D eigenvalue weighted by molar-refractivity contribution is 6.35. The van der Waals surface area contributed by atoms with Gasteiger partial charge in [-0.1, -0.05) is 40.9 Å². The lowest BCUT2D eigenvalue weighted by Crippen LogP contribution is -2.15. The number of rotatable bonds is 4. The lowest BCUT2D eigenvalue weighted by atomic mass is 10.0. The summed E-state index contributed by atoms with van der Waals surface area (Å²) >= 11 is 18.6. The predicted octanol–water partition coefficient (Wildman–Crippen LogP) is 5.57. The summed E-state index contributed by atoms with van der Waals surface area (Å²) in [5.74, 6) is 0. The van der Waals surface area contributed by atoms with Crippen molar-refractivity contribution in [3.05, 3.63) is 57.0 Å². The number of hydrogen-bond acceptors (Lipinski definition) is 1. The summed E-state index contributed by atoms with van der Waals surface area (Å²) in [4.78, 5) is 0. The number of benzene rings is 2. The maximum absolute atomic E-state index is 6.26. The molecule has 0 spiro atoms. The molecule has 0 saturated heterocycles. The maximum Gasteiger partial charge on any atom is 0.0485 e. The van der Waals surface area contributed by atoms with Crippen molar-refractivity contribution in [1.29, 1.82) is 0 Å². The van der Waals surface area contributed by atoms with Crippen LogP contribution < -0.4 is 5.32 Å². The minimum atomic E-state index is 0.657. The molecule has 0 bridgehead atoms. The van der Waals surface area contributed by atoms with E-state index in [4.69, 9.17) is 34.8 Å². The molecule has 4 heteroatoms. The van der Waals surface area contributed by atoms with Crippen molar-refractivity contribution in [2.45, 2.75) is 25.4 Å². The van der Waals surface area contributed by atoms with Gasteiger partial charge in [0.1, 0.15) is 0 Å². The minimum absolute atomic E-state index is 0.657. The van der Waals surface area contributed by atoms with Gasteiger partial charge in [0.25, 0.3) is 0 Å². The second-order valence-electron chi connectivity index (χ2n) is 5.09. The molecule has 0 amide bonds. The van der Waals surface area contributed by atoms with Gasteiger partial charge >= 0.3 is 0 Å². The van der Waals surface area contributed by atoms with E-state index in [9.17, 15) is 0 Å². The molecule has 20 heavy (non-hydrogen) atoms. The van der Waals surface area contributed by atoms with Crippen molar-refractivity contribution < 1.29 is 0 Å². The zero-order valence-electron chi connectivity index (χ0n) is 10.8. The summed E-state index contributed by atoms with van der Waals surface area (Å²) in [6.07, 6.45) is 2.52. The van der Waals surface area contributed by atoms with Gasteiger partial charge in [-0.2, -0.15) is 0 Å². The quantitative estimate of drug-likeness (QED) is 0.775. The number of hydrogen-bond donors (Lipinski definition) is 1. The molecule has 1 nitrogen and oxygen atoms in total. The molecule has 2 aromatic rings. The van der Waals surface area contributed by atoms with E-state index in [-0.39, 0.29) is 0 Å². The molecule has 1 saturated carbocycles. The van der Waals surface area contributed by atoms with E-state index in [1.54, 1.807) is 6.07 Å². The van der Waals surface area contributed by atoms with Crippen LogP contribution in [0.3, 0.4) is 0 Å². The van der Waals surface area contributed by atoms with Crippen LogP contribution >= 0.6 is 34.8 Å². The monoisotopic (exact) mass is 325 g/mol. The Labute approximate surface area is 133 Å². The van der Waals surface area contributed by atoms with Crippen LogP contribution in [-0.2, 0) is 6.54 Å². The summed E-state index contributed by atoms with van der Waals surface area (Å²) in [6.45, 7) is 0.787.